The summed E-state index contributed by atoms with van der Waals surface area (Å²) in [4.78, 5) is 91.3. The number of nitrogens with one attached hydrogen (secondary N) is 5. The lowest BCUT2D eigenvalue weighted by atomic mass is 10.1. The number of aromatic amines is 3. The first-order valence-electron chi connectivity index (χ1n) is 25.0. The number of hydrogen-bond donors (Lipinski definition) is 10. The van der Waals surface area contributed by atoms with E-state index in [1.807, 2.05) is 0 Å². The number of nitrogens with zero attached hydrogens (tertiary/aromatic N) is 9. The summed E-state index contributed by atoms with van der Waals surface area (Å²) in [7, 11) is -1.15. The van der Waals surface area contributed by atoms with E-state index in [0.717, 1.165) is 0 Å². The monoisotopic (exact) mass is 1150 g/mol. The van der Waals surface area contributed by atoms with Gasteiger partial charge in [-0.15, -0.1) is 0 Å². The molecule has 5 aromatic heterocycles. The fraction of sp³-hybridized carbons (Fsp3) is 0.614. The first-order valence-corrected chi connectivity index (χ1v) is 28.1. The summed E-state index contributed by atoms with van der Waals surface area (Å²) in [5.74, 6) is 0.254. The minimum atomic E-state index is -3.74. The molecule has 0 amide bonds. The summed E-state index contributed by atoms with van der Waals surface area (Å²) in [6.45, 7) is 3.57. The van der Waals surface area contributed by atoms with Gasteiger partial charge < -0.3 is 55.4 Å². The molecule has 79 heavy (non-hydrogen) atoms. The van der Waals surface area contributed by atoms with Crippen molar-refractivity contribution in [1.82, 2.24) is 67.7 Å². The third-order valence-electron chi connectivity index (χ3n) is 14.0. The number of aromatic nitrogens is 10. The number of imidazole rings is 1. The number of rotatable bonds is 18. The molecule has 9 rings (SSSR count). The molecule has 14 atom stereocenters. The van der Waals surface area contributed by atoms with Crippen molar-refractivity contribution in [3.63, 3.8) is 0 Å². The Bertz CT molecular complexity index is 3470. The van der Waals surface area contributed by atoms with Crippen molar-refractivity contribution >= 4 is 32.3 Å². The number of aliphatic hydroxyl groups is 2. The average Bonchev–Trinajstić information content (AvgIpc) is 4.30. The second-order valence-corrected chi connectivity index (χ2v) is 24.7. The molecule has 4 fully saturated rings. The zero-order chi connectivity index (χ0) is 57.4. The number of hydrogen-bond acceptors (Lipinski definition) is 22. The van der Waals surface area contributed by atoms with Crippen molar-refractivity contribution in [2.75, 3.05) is 60.4 Å². The van der Waals surface area contributed by atoms with Crippen LogP contribution in [0.15, 0.2) is 60.0 Å². The van der Waals surface area contributed by atoms with E-state index in [1.54, 1.807) is 59.9 Å². The normalized spacial score (nSPS) is 28.6. The molecule has 33 nitrogen and oxygen atoms in total. The predicted molar refractivity (Wildman–Crippen MR) is 280 cm³/mol. The van der Waals surface area contributed by atoms with E-state index >= 15 is 0 Å². The SMILES string of the molecule is Cc1cn(C2CC(N)C(COP(=O)(NC3CC(n4cc(C)c(=O)[nH]c4=O)OC3CO)N(C)C)O2)c(=O)[nH]c1=O.Cc1cn(C2CC(NP(=O)(OCC3OC(n4cnc5c(N)ncnc54)CC3N)N(C)C)C(CO)O2)c(=O)[nH]c1=O. The van der Waals surface area contributed by atoms with Gasteiger partial charge in [-0.05, 0) is 49.0 Å². The van der Waals surface area contributed by atoms with Gasteiger partial charge in [-0.1, -0.05) is 0 Å². The van der Waals surface area contributed by atoms with Gasteiger partial charge in [0.25, 0.3) is 16.7 Å². The van der Waals surface area contributed by atoms with E-state index in [1.165, 1.54) is 48.0 Å². The van der Waals surface area contributed by atoms with Crippen LogP contribution in [-0.4, -0.2) is 171 Å². The minimum Gasteiger partial charge on any atom is -0.394 e. The van der Waals surface area contributed by atoms with Gasteiger partial charge in [-0.25, -0.2) is 48.9 Å². The van der Waals surface area contributed by atoms with Gasteiger partial charge in [0.2, 0.25) is 0 Å². The first-order chi connectivity index (χ1) is 37.3. The standard InChI is InChI=1S/C22H33N10O7P.C22H34N7O9P/c1-11-6-31(22(35)28-21(11)34)17-5-13(14(7-33)38-17)29-40(36,30(2)3)37-8-15-12(23)4-16(39-15)32-10-27-18-19(24)25-9-26-20(18)32;1-11-7-28(21(33)24-19(11)31)17-5-13(23)16(38-17)10-36-39(35,27(3)4)26-14-6-18(37-15(14)9-30)29-8-12(2)20(32)25-22(29)34/h6,9-10,12-17,33H,4-5,7-8,23H2,1-3H3,(H,29,36)(H2,24,25,26)(H,28,34,35);7-8,13-18,30H,5-6,9-10,23H2,1-4H3,(H,26,35)(H,24,31,33)(H,25,32,34). The maximum atomic E-state index is 13.9. The van der Waals surface area contributed by atoms with Crippen LogP contribution >= 0.6 is 15.3 Å². The summed E-state index contributed by atoms with van der Waals surface area (Å²) in [5, 5.41) is 25.8. The molecule has 4 saturated heterocycles. The Kier molecular flexibility index (Phi) is 18.2. The number of aliphatic hydroxyl groups excluding tert-OH is 2. The van der Waals surface area contributed by atoms with Crippen LogP contribution < -0.4 is 61.1 Å². The molecule has 434 valence electrons. The zero-order valence-electron chi connectivity index (χ0n) is 44.2. The molecule has 0 radical (unpaired) electrons. The fourth-order valence-corrected chi connectivity index (χ4v) is 12.5. The van der Waals surface area contributed by atoms with E-state index in [9.17, 15) is 48.1 Å². The highest BCUT2D eigenvalue weighted by molar-refractivity contribution is 7.54. The van der Waals surface area contributed by atoms with Crippen LogP contribution in [0, 0.1) is 20.8 Å². The van der Waals surface area contributed by atoms with Crippen LogP contribution in [0.1, 0.15) is 67.3 Å². The molecule has 35 heteroatoms. The molecular formula is C44H67N17O16P2. The van der Waals surface area contributed by atoms with E-state index in [-0.39, 0.29) is 38.3 Å². The quantitative estimate of drug-likeness (QED) is 0.0392. The largest absolute Gasteiger partial charge is 0.394 e. The Morgan fingerprint density at radius 3 is 1.35 bits per heavy atom. The van der Waals surface area contributed by atoms with Gasteiger partial charge in [0.05, 0.1) is 57.2 Å². The summed E-state index contributed by atoms with van der Waals surface area (Å²) in [6, 6.07) is -2.31. The maximum absolute atomic E-state index is 13.9. The van der Waals surface area contributed by atoms with Crippen LogP contribution in [-0.2, 0) is 37.1 Å². The van der Waals surface area contributed by atoms with Crippen molar-refractivity contribution in [3.05, 3.63) is 110 Å². The Hall–Kier alpha value is -5.71. The fourth-order valence-electron chi connectivity index (χ4n) is 9.37. The van der Waals surface area contributed by atoms with Crippen molar-refractivity contribution in [1.29, 1.82) is 0 Å². The summed E-state index contributed by atoms with van der Waals surface area (Å²) >= 11 is 0. The molecule has 4 aliphatic rings. The predicted octanol–water partition coefficient (Wildman–Crippen LogP) is -2.95. The van der Waals surface area contributed by atoms with Gasteiger partial charge in [0.15, 0.2) is 11.5 Å². The summed E-state index contributed by atoms with van der Waals surface area (Å²) in [5.41, 5.74) is 17.0. The molecule has 0 bridgehead atoms. The van der Waals surface area contributed by atoms with Crippen molar-refractivity contribution < 1.29 is 47.3 Å². The second-order valence-electron chi connectivity index (χ2n) is 20.0. The third kappa shape index (κ3) is 12.8. The smallest absolute Gasteiger partial charge is 0.343 e. The topological polar surface area (TPSA) is 447 Å². The van der Waals surface area contributed by atoms with Gasteiger partial charge in [0, 0.05) is 85.1 Å². The molecule has 0 aliphatic carbocycles. The Morgan fingerprint density at radius 1 is 0.608 bits per heavy atom. The van der Waals surface area contributed by atoms with E-state index in [2.05, 4.69) is 40.1 Å². The van der Waals surface area contributed by atoms with Crippen molar-refractivity contribution in [2.24, 2.45) is 11.5 Å². The highest BCUT2D eigenvalue weighted by Crippen LogP contribution is 2.49. The van der Waals surface area contributed by atoms with Crippen molar-refractivity contribution in [2.45, 2.75) is 120 Å². The molecule has 0 saturated carbocycles. The highest BCUT2D eigenvalue weighted by Gasteiger charge is 2.45. The average molecular weight is 1150 g/mol. The van der Waals surface area contributed by atoms with Gasteiger partial charge in [0.1, 0.15) is 36.8 Å². The molecule has 9 heterocycles. The summed E-state index contributed by atoms with van der Waals surface area (Å²) in [6.07, 6.45) is 2.29. The van der Waals surface area contributed by atoms with E-state index in [0.29, 0.717) is 34.3 Å². The number of aryl methyl sites for hydroxylation is 3. The van der Waals surface area contributed by atoms with Crippen LogP contribution in [0.2, 0.25) is 0 Å². The minimum absolute atomic E-state index is 0.0940. The lowest BCUT2D eigenvalue weighted by molar-refractivity contribution is -0.0295. The van der Waals surface area contributed by atoms with Gasteiger partial charge in [-0.3, -0.25) is 56.7 Å². The number of H-pyrrole nitrogens is 3. The zero-order valence-corrected chi connectivity index (χ0v) is 46.0. The molecule has 0 aromatic carbocycles. The first kappa shape index (κ1) is 59.4. The highest BCUT2D eigenvalue weighted by atomic mass is 31.2. The number of ether oxygens (including phenoxy) is 4. The molecule has 0 spiro atoms. The van der Waals surface area contributed by atoms with Gasteiger partial charge >= 0.3 is 32.4 Å². The second kappa shape index (κ2) is 24.2. The van der Waals surface area contributed by atoms with Crippen LogP contribution in [0.5, 0.6) is 0 Å². The summed E-state index contributed by atoms with van der Waals surface area (Å²) < 4.78 is 71.5. The number of nitrogens with two attached hydrogens (primary N) is 3. The van der Waals surface area contributed by atoms with Gasteiger partial charge in [-0.2, -0.15) is 0 Å². The number of anilines is 1. The molecule has 4 aliphatic heterocycles. The number of nitrogen functional groups attached to an aromatic ring is 1. The Labute approximate surface area is 448 Å². The van der Waals surface area contributed by atoms with Crippen LogP contribution in [0.4, 0.5) is 5.82 Å². The Balaban J connectivity index is 0.000000208. The maximum Gasteiger partial charge on any atom is 0.343 e. The van der Waals surface area contributed by atoms with Crippen LogP contribution in [0.3, 0.4) is 0 Å². The van der Waals surface area contributed by atoms with Crippen LogP contribution in [0.25, 0.3) is 11.2 Å². The van der Waals surface area contributed by atoms with E-state index in [4.69, 9.17) is 45.2 Å². The number of fused-ring (bicyclic) bond motifs is 1. The Morgan fingerprint density at radius 2 is 0.975 bits per heavy atom. The lowest BCUT2D eigenvalue weighted by Gasteiger charge is -2.30. The van der Waals surface area contributed by atoms with E-state index < -0.39 is 136 Å². The molecule has 5 aromatic rings. The molecule has 13 N–H and O–H groups in total. The van der Waals surface area contributed by atoms with Crippen molar-refractivity contribution in [3.8, 4) is 0 Å². The molecule has 14 unspecified atom stereocenters. The lowest BCUT2D eigenvalue weighted by Crippen LogP contribution is -2.41. The third-order valence-corrected chi connectivity index (χ3v) is 18.4. The molecular weight excluding hydrogens is 1080 g/mol.